The SMILES string of the molecule is NC(=O)c1ccc(N2CCCCC2)c(NC(=O)CCC2NC(=O)NC2=O)c1. The fraction of sp³-hybridized carbons (Fsp3) is 0.444. The van der Waals surface area contributed by atoms with Crippen molar-refractivity contribution in [3.63, 3.8) is 0 Å². The van der Waals surface area contributed by atoms with Crippen LogP contribution >= 0.6 is 0 Å². The molecule has 3 rings (SSSR count). The lowest BCUT2D eigenvalue weighted by Gasteiger charge is -2.30. The van der Waals surface area contributed by atoms with E-state index in [1.54, 1.807) is 18.2 Å². The fourth-order valence-corrected chi connectivity index (χ4v) is 3.35. The van der Waals surface area contributed by atoms with Crippen molar-refractivity contribution in [1.29, 1.82) is 0 Å². The summed E-state index contributed by atoms with van der Waals surface area (Å²) in [6.07, 6.45) is 3.56. The molecule has 0 spiro atoms. The quantitative estimate of drug-likeness (QED) is 0.545. The molecule has 5 N–H and O–H groups in total. The Hall–Kier alpha value is -3.10. The van der Waals surface area contributed by atoms with Gasteiger partial charge in [0.15, 0.2) is 0 Å². The number of amides is 5. The highest BCUT2D eigenvalue weighted by molar-refractivity contribution is 6.04. The van der Waals surface area contributed by atoms with Crippen LogP contribution in [-0.2, 0) is 9.59 Å². The zero-order valence-corrected chi connectivity index (χ0v) is 14.9. The van der Waals surface area contributed by atoms with Gasteiger partial charge in [0.25, 0.3) is 5.91 Å². The summed E-state index contributed by atoms with van der Waals surface area (Å²) in [4.78, 5) is 48.7. The molecule has 144 valence electrons. The number of anilines is 2. The van der Waals surface area contributed by atoms with E-state index in [-0.39, 0.29) is 18.7 Å². The number of nitrogens with one attached hydrogen (secondary N) is 3. The number of hydrogen-bond donors (Lipinski definition) is 4. The van der Waals surface area contributed by atoms with Gasteiger partial charge in [0.1, 0.15) is 6.04 Å². The number of rotatable bonds is 6. The molecule has 0 bridgehead atoms. The first-order valence-electron chi connectivity index (χ1n) is 9.04. The standard InChI is InChI=1S/C18H23N5O4/c19-16(25)11-4-6-14(23-8-2-1-3-9-23)13(10-11)20-15(24)7-5-12-17(26)22-18(27)21-12/h4,6,10,12H,1-3,5,7-9H2,(H2,19,25)(H,20,24)(H2,21,22,26,27). The first-order chi connectivity index (χ1) is 12.9. The second kappa shape index (κ2) is 8.07. The normalized spacial score (nSPS) is 19.4. The summed E-state index contributed by atoms with van der Waals surface area (Å²) in [5.74, 6) is -1.30. The Morgan fingerprint density at radius 1 is 1.19 bits per heavy atom. The topological polar surface area (TPSA) is 134 Å². The minimum Gasteiger partial charge on any atom is -0.370 e. The number of carbonyl (C=O) groups excluding carboxylic acids is 4. The number of nitrogens with two attached hydrogens (primary N) is 1. The molecule has 2 heterocycles. The summed E-state index contributed by atoms with van der Waals surface area (Å²) in [6.45, 7) is 1.76. The first kappa shape index (κ1) is 18.7. The molecule has 0 aliphatic carbocycles. The van der Waals surface area contributed by atoms with Crippen molar-refractivity contribution >= 4 is 35.1 Å². The van der Waals surface area contributed by atoms with E-state index in [0.717, 1.165) is 31.6 Å². The van der Waals surface area contributed by atoms with Gasteiger partial charge in [-0.1, -0.05) is 0 Å². The van der Waals surface area contributed by atoms with Gasteiger partial charge in [-0.2, -0.15) is 0 Å². The van der Waals surface area contributed by atoms with Gasteiger partial charge in [0, 0.05) is 25.1 Å². The molecule has 1 aromatic carbocycles. The van der Waals surface area contributed by atoms with Gasteiger partial charge in [0.2, 0.25) is 11.8 Å². The Morgan fingerprint density at radius 3 is 2.56 bits per heavy atom. The third-order valence-corrected chi connectivity index (χ3v) is 4.77. The van der Waals surface area contributed by atoms with Gasteiger partial charge in [-0.05, 0) is 43.9 Å². The Bertz CT molecular complexity index is 773. The van der Waals surface area contributed by atoms with E-state index >= 15 is 0 Å². The predicted octanol–water partition coefficient (Wildman–Crippen LogP) is 0.702. The molecule has 0 radical (unpaired) electrons. The average molecular weight is 373 g/mol. The summed E-state index contributed by atoms with van der Waals surface area (Å²) >= 11 is 0. The maximum atomic E-state index is 12.4. The minimum absolute atomic E-state index is 0.0542. The van der Waals surface area contributed by atoms with E-state index in [1.165, 1.54) is 6.42 Å². The number of nitrogens with zero attached hydrogens (tertiary/aromatic N) is 1. The van der Waals surface area contributed by atoms with Crippen molar-refractivity contribution in [3.05, 3.63) is 23.8 Å². The second-order valence-electron chi connectivity index (χ2n) is 6.75. The third kappa shape index (κ3) is 4.55. The van der Waals surface area contributed by atoms with Crippen LogP contribution in [0.15, 0.2) is 18.2 Å². The van der Waals surface area contributed by atoms with Crippen LogP contribution in [0.5, 0.6) is 0 Å². The maximum Gasteiger partial charge on any atom is 0.322 e. The monoisotopic (exact) mass is 373 g/mol. The van der Waals surface area contributed by atoms with Crippen molar-refractivity contribution < 1.29 is 19.2 Å². The summed E-state index contributed by atoms with van der Waals surface area (Å²) < 4.78 is 0. The molecule has 1 aromatic rings. The van der Waals surface area contributed by atoms with Gasteiger partial charge in [-0.25, -0.2) is 4.79 Å². The largest absolute Gasteiger partial charge is 0.370 e. The van der Waals surface area contributed by atoms with E-state index in [2.05, 4.69) is 20.9 Å². The summed E-state index contributed by atoms with van der Waals surface area (Å²) in [5, 5.41) is 7.41. The van der Waals surface area contributed by atoms with Gasteiger partial charge in [-0.3, -0.25) is 19.7 Å². The van der Waals surface area contributed by atoms with E-state index in [4.69, 9.17) is 5.73 Å². The maximum absolute atomic E-state index is 12.4. The molecule has 1 atom stereocenters. The van der Waals surface area contributed by atoms with Crippen LogP contribution in [0.4, 0.5) is 16.2 Å². The minimum atomic E-state index is -0.707. The van der Waals surface area contributed by atoms with Gasteiger partial charge < -0.3 is 21.3 Å². The number of urea groups is 1. The second-order valence-corrected chi connectivity index (χ2v) is 6.75. The average Bonchev–Trinajstić information content (AvgIpc) is 2.98. The number of hydrogen-bond acceptors (Lipinski definition) is 5. The van der Waals surface area contributed by atoms with E-state index in [0.29, 0.717) is 11.3 Å². The highest BCUT2D eigenvalue weighted by Crippen LogP contribution is 2.30. The van der Waals surface area contributed by atoms with Gasteiger partial charge in [0.05, 0.1) is 11.4 Å². The fourth-order valence-electron chi connectivity index (χ4n) is 3.35. The molecular weight excluding hydrogens is 350 g/mol. The zero-order chi connectivity index (χ0) is 19.4. The first-order valence-corrected chi connectivity index (χ1v) is 9.04. The molecule has 2 aliphatic heterocycles. The number of benzene rings is 1. The number of primary amides is 1. The Labute approximate surface area is 156 Å². The van der Waals surface area contributed by atoms with Crippen molar-refractivity contribution in [2.45, 2.75) is 38.1 Å². The molecule has 2 aliphatic rings. The smallest absolute Gasteiger partial charge is 0.322 e. The van der Waals surface area contributed by atoms with Crippen molar-refractivity contribution in [3.8, 4) is 0 Å². The summed E-state index contributed by atoms with van der Waals surface area (Å²) in [5.41, 5.74) is 7.05. The zero-order valence-electron chi connectivity index (χ0n) is 14.9. The van der Waals surface area contributed by atoms with Crippen LogP contribution in [-0.4, -0.2) is 42.9 Å². The van der Waals surface area contributed by atoms with Crippen molar-refractivity contribution in [1.82, 2.24) is 10.6 Å². The van der Waals surface area contributed by atoms with Crippen LogP contribution in [0, 0.1) is 0 Å². The van der Waals surface area contributed by atoms with Crippen LogP contribution in [0.3, 0.4) is 0 Å². The number of carbonyl (C=O) groups is 4. The molecule has 1 unspecified atom stereocenters. The summed E-state index contributed by atoms with van der Waals surface area (Å²) in [6, 6.07) is 3.77. The van der Waals surface area contributed by atoms with Crippen molar-refractivity contribution in [2.24, 2.45) is 5.73 Å². The summed E-state index contributed by atoms with van der Waals surface area (Å²) in [7, 11) is 0. The highest BCUT2D eigenvalue weighted by Gasteiger charge is 2.29. The van der Waals surface area contributed by atoms with Crippen LogP contribution in [0.25, 0.3) is 0 Å². The molecule has 0 aromatic heterocycles. The van der Waals surface area contributed by atoms with Crippen LogP contribution in [0.2, 0.25) is 0 Å². The van der Waals surface area contributed by atoms with E-state index in [1.807, 2.05) is 0 Å². The Kier molecular flexibility index (Phi) is 5.58. The number of piperidine rings is 1. The molecule has 9 nitrogen and oxygen atoms in total. The molecule has 27 heavy (non-hydrogen) atoms. The lowest BCUT2D eigenvalue weighted by Crippen LogP contribution is -2.31. The molecule has 0 saturated carbocycles. The van der Waals surface area contributed by atoms with Gasteiger partial charge in [-0.15, -0.1) is 0 Å². The predicted molar refractivity (Wildman–Crippen MR) is 99.4 cm³/mol. The molecular formula is C18H23N5O4. The van der Waals surface area contributed by atoms with Crippen molar-refractivity contribution in [2.75, 3.05) is 23.3 Å². The Morgan fingerprint density at radius 2 is 1.93 bits per heavy atom. The van der Waals surface area contributed by atoms with E-state index in [9.17, 15) is 19.2 Å². The van der Waals surface area contributed by atoms with Crippen LogP contribution < -0.4 is 26.6 Å². The molecule has 9 heteroatoms. The molecule has 2 fully saturated rings. The highest BCUT2D eigenvalue weighted by atomic mass is 16.2. The van der Waals surface area contributed by atoms with Gasteiger partial charge >= 0.3 is 6.03 Å². The molecule has 5 amide bonds. The lowest BCUT2D eigenvalue weighted by atomic mass is 10.1. The lowest BCUT2D eigenvalue weighted by molar-refractivity contribution is -0.120. The van der Waals surface area contributed by atoms with E-state index < -0.39 is 23.9 Å². The van der Waals surface area contributed by atoms with Crippen LogP contribution in [0.1, 0.15) is 42.5 Å². The number of imide groups is 1. The molecule has 2 saturated heterocycles. The Balaban J connectivity index is 1.70. The third-order valence-electron chi connectivity index (χ3n) is 4.77.